The van der Waals surface area contributed by atoms with Gasteiger partial charge in [0.25, 0.3) is 0 Å². The number of nitrogens with one attached hydrogen (secondary N) is 1. The molecular formula is C14H17BrN2. The Hall–Kier alpha value is -0.800. The van der Waals surface area contributed by atoms with Crippen LogP contribution in [-0.2, 0) is 7.05 Å². The Balaban J connectivity index is 2.07. The number of benzene rings is 1. The van der Waals surface area contributed by atoms with Gasteiger partial charge in [-0.15, -0.1) is 0 Å². The minimum absolute atomic E-state index is 0.667. The third kappa shape index (κ3) is 2.02. The first kappa shape index (κ1) is 11.3. The molecule has 3 heteroatoms. The highest BCUT2D eigenvalue weighted by atomic mass is 79.9. The second-order valence-electron chi connectivity index (χ2n) is 4.87. The van der Waals surface area contributed by atoms with Crippen molar-refractivity contribution in [3.63, 3.8) is 0 Å². The zero-order valence-corrected chi connectivity index (χ0v) is 11.6. The Morgan fingerprint density at radius 2 is 2.24 bits per heavy atom. The number of rotatable bonds is 1. The maximum atomic E-state index is 3.55. The summed E-state index contributed by atoms with van der Waals surface area (Å²) in [6.07, 6.45) is 2.59. The Kier molecular flexibility index (Phi) is 2.97. The topological polar surface area (TPSA) is 17.0 Å². The maximum Gasteiger partial charge on any atom is 0.0491 e. The minimum atomic E-state index is 0.667. The first-order chi connectivity index (χ1) is 8.25. The minimum Gasteiger partial charge on any atom is -0.347 e. The molecule has 0 aliphatic carbocycles. The molecule has 1 unspecified atom stereocenters. The van der Waals surface area contributed by atoms with E-state index in [0.29, 0.717) is 5.92 Å². The molecule has 1 saturated heterocycles. The molecule has 2 aromatic rings. The van der Waals surface area contributed by atoms with Crippen molar-refractivity contribution in [1.82, 2.24) is 9.88 Å². The van der Waals surface area contributed by atoms with Crippen LogP contribution >= 0.6 is 15.9 Å². The molecule has 1 aromatic carbocycles. The van der Waals surface area contributed by atoms with E-state index in [1.54, 1.807) is 0 Å². The van der Waals surface area contributed by atoms with Crippen molar-refractivity contribution in [3.8, 4) is 0 Å². The van der Waals surface area contributed by atoms with Gasteiger partial charge in [-0.25, -0.2) is 0 Å². The summed E-state index contributed by atoms with van der Waals surface area (Å²) < 4.78 is 3.50. The largest absolute Gasteiger partial charge is 0.347 e. The molecule has 1 aromatic heterocycles. The molecule has 0 amide bonds. The number of nitrogens with zero attached hydrogens (tertiary/aromatic N) is 1. The molecule has 2 heterocycles. The maximum absolute atomic E-state index is 3.55. The summed E-state index contributed by atoms with van der Waals surface area (Å²) in [5, 5.41) is 4.84. The smallest absolute Gasteiger partial charge is 0.0491 e. The molecule has 1 atom stereocenters. The number of fused-ring (bicyclic) bond motifs is 1. The van der Waals surface area contributed by atoms with E-state index in [4.69, 9.17) is 0 Å². The molecule has 0 spiro atoms. The van der Waals surface area contributed by atoms with Gasteiger partial charge in [0.2, 0.25) is 0 Å². The fraction of sp³-hybridized carbons (Fsp3) is 0.429. The van der Waals surface area contributed by atoms with Gasteiger partial charge in [-0.2, -0.15) is 0 Å². The van der Waals surface area contributed by atoms with E-state index in [9.17, 15) is 0 Å². The van der Waals surface area contributed by atoms with E-state index < -0.39 is 0 Å². The van der Waals surface area contributed by atoms with Gasteiger partial charge in [0.05, 0.1) is 0 Å². The van der Waals surface area contributed by atoms with Crippen LogP contribution in [0.4, 0.5) is 0 Å². The van der Waals surface area contributed by atoms with Gasteiger partial charge in [-0.3, -0.25) is 0 Å². The molecule has 2 nitrogen and oxygen atoms in total. The Labute approximate surface area is 110 Å². The fourth-order valence-corrected chi connectivity index (χ4v) is 3.17. The number of aromatic nitrogens is 1. The number of hydrogen-bond acceptors (Lipinski definition) is 1. The highest BCUT2D eigenvalue weighted by Crippen LogP contribution is 2.30. The van der Waals surface area contributed by atoms with Crippen molar-refractivity contribution in [1.29, 1.82) is 0 Å². The van der Waals surface area contributed by atoms with E-state index in [2.05, 4.69) is 57.1 Å². The molecular weight excluding hydrogens is 276 g/mol. The lowest BCUT2D eigenvalue weighted by Crippen LogP contribution is -2.29. The van der Waals surface area contributed by atoms with Crippen molar-refractivity contribution in [2.75, 3.05) is 13.1 Å². The lowest BCUT2D eigenvalue weighted by molar-refractivity contribution is 0.448. The Morgan fingerprint density at radius 3 is 3.00 bits per heavy atom. The van der Waals surface area contributed by atoms with Gasteiger partial charge in [-0.1, -0.05) is 22.0 Å². The summed E-state index contributed by atoms with van der Waals surface area (Å²) in [5.41, 5.74) is 2.78. The standard InChI is InChI=1S/C14H17BrN2/c1-17-13(11-3-2-6-16-9-11)7-10-4-5-12(15)8-14(10)17/h4-5,7-8,11,16H,2-3,6,9H2,1H3. The van der Waals surface area contributed by atoms with Crippen LogP contribution in [0.25, 0.3) is 10.9 Å². The van der Waals surface area contributed by atoms with Crippen molar-refractivity contribution < 1.29 is 0 Å². The van der Waals surface area contributed by atoms with Crippen LogP contribution in [0.2, 0.25) is 0 Å². The summed E-state index contributed by atoms with van der Waals surface area (Å²) in [7, 11) is 2.18. The molecule has 1 aliphatic heterocycles. The van der Waals surface area contributed by atoms with Crippen LogP contribution in [0.1, 0.15) is 24.5 Å². The first-order valence-corrected chi connectivity index (χ1v) is 7.00. The van der Waals surface area contributed by atoms with Gasteiger partial charge in [0, 0.05) is 35.2 Å². The molecule has 1 fully saturated rings. The van der Waals surface area contributed by atoms with Crippen molar-refractivity contribution >= 4 is 26.8 Å². The third-order valence-electron chi connectivity index (χ3n) is 3.76. The number of halogens is 1. The van der Waals surface area contributed by atoms with Crippen LogP contribution in [-0.4, -0.2) is 17.7 Å². The monoisotopic (exact) mass is 292 g/mol. The quantitative estimate of drug-likeness (QED) is 0.852. The molecule has 0 radical (unpaired) electrons. The summed E-state index contributed by atoms with van der Waals surface area (Å²) in [6, 6.07) is 8.86. The van der Waals surface area contributed by atoms with Crippen LogP contribution in [0.15, 0.2) is 28.7 Å². The summed E-state index contributed by atoms with van der Waals surface area (Å²) in [4.78, 5) is 0. The van der Waals surface area contributed by atoms with E-state index in [1.165, 1.54) is 36.0 Å². The fourth-order valence-electron chi connectivity index (χ4n) is 2.82. The van der Waals surface area contributed by atoms with Crippen LogP contribution in [0.5, 0.6) is 0 Å². The average molecular weight is 293 g/mol. The zero-order chi connectivity index (χ0) is 11.8. The molecule has 17 heavy (non-hydrogen) atoms. The lowest BCUT2D eigenvalue weighted by atomic mass is 9.96. The van der Waals surface area contributed by atoms with Crippen molar-refractivity contribution in [3.05, 3.63) is 34.4 Å². The highest BCUT2D eigenvalue weighted by Gasteiger charge is 2.19. The molecule has 90 valence electrons. The molecule has 1 N–H and O–H groups in total. The zero-order valence-electron chi connectivity index (χ0n) is 10.0. The Morgan fingerprint density at radius 1 is 1.35 bits per heavy atom. The van der Waals surface area contributed by atoms with Gasteiger partial charge in [0.15, 0.2) is 0 Å². The second-order valence-corrected chi connectivity index (χ2v) is 5.79. The summed E-state index contributed by atoms with van der Waals surface area (Å²) in [6.45, 7) is 2.29. The average Bonchev–Trinajstić information content (AvgIpc) is 2.68. The van der Waals surface area contributed by atoms with Gasteiger partial charge < -0.3 is 9.88 Å². The van der Waals surface area contributed by atoms with E-state index in [1.807, 2.05) is 0 Å². The number of piperidine rings is 1. The molecule has 0 bridgehead atoms. The summed E-state index contributed by atoms with van der Waals surface area (Å²) >= 11 is 3.55. The predicted molar refractivity (Wildman–Crippen MR) is 75.5 cm³/mol. The highest BCUT2D eigenvalue weighted by molar-refractivity contribution is 9.10. The Bertz CT molecular complexity index is 538. The van der Waals surface area contributed by atoms with Crippen LogP contribution in [0.3, 0.4) is 0 Å². The summed E-state index contributed by atoms with van der Waals surface area (Å²) in [5.74, 6) is 0.667. The molecule has 3 rings (SSSR count). The SMILES string of the molecule is Cn1c(C2CCCNC2)cc2ccc(Br)cc21. The van der Waals surface area contributed by atoms with Crippen molar-refractivity contribution in [2.24, 2.45) is 7.05 Å². The van der Waals surface area contributed by atoms with E-state index in [0.717, 1.165) is 11.0 Å². The normalized spacial score (nSPS) is 20.9. The lowest BCUT2D eigenvalue weighted by Gasteiger charge is -2.23. The second kappa shape index (κ2) is 4.46. The van der Waals surface area contributed by atoms with Gasteiger partial charge in [-0.05, 0) is 43.0 Å². The third-order valence-corrected chi connectivity index (χ3v) is 4.25. The van der Waals surface area contributed by atoms with Crippen LogP contribution in [0, 0.1) is 0 Å². The van der Waals surface area contributed by atoms with Crippen molar-refractivity contribution in [2.45, 2.75) is 18.8 Å². The number of hydrogen-bond donors (Lipinski definition) is 1. The van der Waals surface area contributed by atoms with Crippen LogP contribution < -0.4 is 5.32 Å². The van der Waals surface area contributed by atoms with Gasteiger partial charge >= 0.3 is 0 Å². The van der Waals surface area contributed by atoms with Gasteiger partial charge in [0.1, 0.15) is 0 Å². The molecule has 1 aliphatic rings. The predicted octanol–water partition coefficient (Wildman–Crippen LogP) is 3.41. The molecule has 0 saturated carbocycles. The van der Waals surface area contributed by atoms with E-state index >= 15 is 0 Å². The number of aryl methyl sites for hydroxylation is 1. The van der Waals surface area contributed by atoms with E-state index in [-0.39, 0.29) is 0 Å². The first-order valence-electron chi connectivity index (χ1n) is 6.21.